The van der Waals surface area contributed by atoms with Crippen LogP contribution in [0.15, 0.2) is 11.8 Å². The van der Waals surface area contributed by atoms with Crippen molar-refractivity contribution in [2.75, 3.05) is 60.4 Å². The molecule has 0 aliphatic heterocycles. The van der Waals surface area contributed by atoms with Crippen molar-refractivity contribution >= 4 is 11.8 Å². The molecule has 0 aromatic carbocycles. The Morgan fingerprint density at radius 2 is 1.83 bits per heavy atom. The fourth-order valence-corrected chi connectivity index (χ4v) is 3.45. The monoisotopic (exact) mass is 427 g/mol. The Morgan fingerprint density at radius 3 is 2.33 bits per heavy atom. The summed E-state index contributed by atoms with van der Waals surface area (Å²) in [6, 6.07) is -0.359. The Balaban J connectivity index is 0. The first-order chi connectivity index (χ1) is 14.2. The molecule has 0 bridgehead atoms. The van der Waals surface area contributed by atoms with Crippen molar-refractivity contribution in [2.24, 2.45) is 11.7 Å². The Kier molecular flexibility index (Phi) is 16.2. The predicted octanol–water partition coefficient (Wildman–Crippen LogP) is 3.17. The van der Waals surface area contributed by atoms with Crippen LogP contribution in [0.3, 0.4) is 0 Å². The van der Waals surface area contributed by atoms with Crippen molar-refractivity contribution in [2.45, 2.75) is 59.3 Å². The summed E-state index contributed by atoms with van der Waals surface area (Å²) in [6.07, 6.45) is 8.47. The molecule has 7 heteroatoms. The number of nitrogens with two attached hydrogens (primary N) is 1. The van der Waals surface area contributed by atoms with E-state index in [-0.39, 0.29) is 7.46 Å². The van der Waals surface area contributed by atoms with Gasteiger partial charge in [-0.2, -0.15) is 0 Å². The third-order valence-electron chi connectivity index (χ3n) is 5.48. The number of nitrogens with one attached hydrogen (secondary N) is 1. The third-order valence-corrected chi connectivity index (χ3v) is 5.48. The lowest BCUT2D eigenvalue weighted by atomic mass is 9.82. The largest absolute Gasteiger partial charge is 0.383 e. The molecule has 1 aliphatic rings. The third kappa shape index (κ3) is 13.6. The zero-order chi connectivity index (χ0) is 22.9. The van der Waals surface area contributed by atoms with Crippen molar-refractivity contribution in [1.82, 2.24) is 20.0 Å². The SMILES string of the molecule is CCCNCCC[C@H]1CC/C(=C\N(C)C)C(=O)C1.CCN(CC)CCN(C)C(N)=O.[HH]. The number of carbonyl (C=O) groups is 2. The van der Waals surface area contributed by atoms with Crippen LogP contribution in [-0.4, -0.2) is 86.9 Å². The number of nitrogens with zero attached hydrogens (tertiary/aromatic N) is 3. The number of amides is 2. The number of Topliss-reactive ketones (excluding diaryl/α,β-unsaturated/α-hetero) is 1. The summed E-state index contributed by atoms with van der Waals surface area (Å²) in [7, 11) is 5.67. The molecule has 1 atom stereocenters. The molecule has 1 rings (SSSR count). The number of ketones is 1. The maximum absolute atomic E-state index is 12.0. The number of hydrogen-bond acceptors (Lipinski definition) is 5. The summed E-state index contributed by atoms with van der Waals surface area (Å²) in [4.78, 5) is 28.3. The van der Waals surface area contributed by atoms with Crippen molar-refractivity contribution in [3.05, 3.63) is 11.8 Å². The standard InChI is InChI=1S/C15H28N2O.C8H19N3O.H2/c1-4-9-16-10-5-6-13-7-8-14(12-17(2)3)15(18)11-13;1-4-11(5-2)7-6-10(3)8(9)12;/h12-13,16H,4-11H2,1-3H3;4-7H2,1-3H3,(H2,9,12);1H/b14-12+;;/t13-;;/m0../s1. The van der Waals surface area contributed by atoms with Crippen LogP contribution in [0.4, 0.5) is 4.79 Å². The Labute approximate surface area is 186 Å². The van der Waals surface area contributed by atoms with Gasteiger partial charge in [0.25, 0.3) is 0 Å². The highest BCUT2D eigenvalue weighted by Gasteiger charge is 2.23. The smallest absolute Gasteiger partial charge is 0.314 e. The molecule has 7 nitrogen and oxygen atoms in total. The maximum Gasteiger partial charge on any atom is 0.314 e. The Hall–Kier alpha value is -1.60. The fraction of sp³-hybridized carbons (Fsp3) is 0.826. The summed E-state index contributed by atoms with van der Waals surface area (Å²) in [5, 5.41) is 3.42. The second-order valence-corrected chi connectivity index (χ2v) is 8.33. The van der Waals surface area contributed by atoms with E-state index in [9.17, 15) is 9.59 Å². The van der Waals surface area contributed by atoms with Gasteiger partial charge in [0.1, 0.15) is 0 Å². The average Bonchev–Trinajstić information content (AvgIpc) is 2.70. The molecule has 0 spiro atoms. The molecule has 0 radical (unpaired) electrons. The number of rotatable bonds is 12. The lowest BCUT2D eigenvalue weighted by Gasteiger charge is -2.23. The number of likely N-dealkylation sites (N-methyl/N-ethyl adjacent to an activating group) is 2. The van der Waals surface area contributed by atoms with E-state index >= 15 is 0 Å². The summed E-state index contributed by atoms with van der Waals surface area (Å²) in [5.74, 6) is 0.974. The molecule has 30 heavy (non-hydrogen) atoms. The Morgan fingerprint density at radius 1 is 1.17 bits per heavy atom. The van der Waals surface area contributed by atoms with E-state index in [1.807, 2.05) is 25.2 Å². The normalized spacial score (nSPS) is 17.6. The van der Waals surface area contributed by atoms with E-state index in [4.69, 9.17) is 5.73 Å². The molecular formula is C23H49N5O2. The van der Waals surface area contributed by atoms with E-state index in [0.29, 0.717) is 18.2 Å². The van der Waals surface area contributed by atoms with E-state index in [1.165, 1.54) is 30.6 Å². The molecule has 0 aromatic heterocycles. The van der Waals surface area contributed by atoms with Gasteiger partial charge in [-0.3, -0.25) is 4.79 Å². The molecule has 1 saturated carbocycles. The zero-order valence-corrected chi connectivity index (χ0v) is 20.4. The van der Waals surface area contributed by atoms with E-state index in [0.717, 1.165) is 51.1 Å². The second kappa shape index (κ2) is 17.1. The van der Waals surface area contributed by atoms with Crippen LogP contribution in [-0.2, 0) is 4.79 Å². The van der Waals surface area contributed by atoms with Crippen LogP contribution < -0.4 is 11.1 Å². The number of urea groups is 1. The minimum atomic E-state index is -0.359. The van der Waals surface area contributed by atoms with Crippen LogP contribution in [0.5, 0.6) is 0 Å². The van der Waals surface area contributed by atoms with Crippen molar-refractivity contribution in [3.8, 4) is 0 Å². The maximum atomic E-state index is 12.0. The average molecular weight is 428 g/mol. The van der Waals surface area contributed by atoms with Crippen LogP contribution >= 0.6 is 0 Å². The Bertz CT molecular complexity index is 510. The fourth-order valence-electron chi connectivity index (χ4n) is 3.45. The number of allylic oxidation sites excluding steroid dienone is 1. The van der Waals surface area contributed by atoms with E-state index < -0.39 is 0 Å². The molecule has 0 saturated heterocycles. The van der Waals surface area contributed by atoms with Crippen molar-refractivity contribution in [1.29, 1.82) is 0 Å². The van der Waals surface area contributed by atoms with Crippen LogP contribution in [0, 0.1) is 5.92 Å². The van der Waals surface area contributed by atoms with E-state index in [2.05, 4.69) is 31.0 Å². The predicted molar refractivity (Wildman–Crippen MR) is 129 cm³/mol. The molecular weight excluding hydrogens is 378 g/mol. The highest BCUT2D eigenvalue weighted by atomic mass is 16.2. The lowest BCUT2D eigenvalue weighted by molar-refractivity contribution is -0.117. The first-order valence-electron chi connectivity index (χ1n) is 11.6. The molecule has 0 unspecified atom stereocenters. The number of hydrogen-bond donors (Lipinski definition) is 2. The van der Waals surface area contributed by atoms with E-state index in [1.54, 1.807) is 7.05 Å². The van der Waals surface area contributed by atoms with Crippen LogP contribution in [0.2, 0.25) is 0 Å². The zero-order valence-electron chi connectivity index (χ0n) is 20.4. The second-order valence-electron chi connectivity index (χ2n) is 8.33. The van der Waals surface area contributed by atoms with Crippen molar-refractivity contribution in [3.63, 3.8) is 0 Å². The van der Waals surface area contributed by atoms with Gasteiger partial charge in [-0.05, 0) is 64.2 Å². The molecule has 0 heterocycles. The van der Waals surface area contributed by atoms with Gasteiger partial charge in [0, 0.05) is 53.9 Å². The highest BCUT2D eigenvalue weighted by molar-refractivity contribution is 5.96. The van der Waals surface area contributed by atoms with Gasteiger partial charge in [0.2, 0.25) is 0 Å². The van der Waals surface area contributed by atoms with Crippen molar-refractivity contribution < 1.29 is 11.0 Å². The van der Waals surface area contributed by atoms with Gasteiger partial charge in [0.05, 0.1) is 0 Å². The van der Waals surface area contributed by atoms with Gasteiger partial charge in [-0.1, -0.05) is 20.8 Å². The highest BCUT2D eigenvalue weighted by Crippen LogP contribution is 2.28. The summed E-state index contributed by atoms with van der Waals surface area (Å²) < 4.78 is 0. The first kappa shape index (κ1) is 28.4. The number of primary amides is 1. The molecule has 3 N–H and O–H groups in total. The van der Waals surface area contributed by atoms with Gasteiger partial charge in [0.15, 0.2) is 5.78 Å². The lowest BCUT2D eigenvalue weighted by Crippen LogP contribution is -2.38. The molecule has 178 valence electrons. The quantitative estimate of drug-likeness (QED) is 0.369. The molecule has 0 aromatic rings. The first-order valence-corrected chi connectivity index (χ1v) is 11.6. The van der Waals surface area contributed by atoms with Gasteiger partial charge in [-0.15, -0.1) is 0 Å². The molecule has 2 amide bonds. The summed E-state index contributed by atoms with van der Waals surface area (Å²) in [5.41, 5.74) is 6.09. The topological polar surface area (TPSA) is 81.9 Å². The number of carbonyl (C=O) groups excluding carboxylic acids is 2. The summed E-state index contributed by atoms with van der Waals surface area (Å²) in [6.45, 7) is 12.2. The van der Waals surface area contributed by atoms with Gasteiger partial charge in [-0.25, -0.2) is 4.79 Å². The summed E-state index contributed by atoms with van der Waals surface area (Å²) >= 11 is 0. The van der Waals surface area contributed by atoms with Crippen LogP contribution in [0.1, 0.15) is 60.7 Å². The minimum absolute atomic E-state index is 0. The minimum Gasteiger partial charge on any atom is -0.383 e. The van der Waals surface area contributed by atoms with Crippen LogP contribution in [0.25, 0.3) is 0 Å². The molecule has 1 fully saturated rings. The molecule has 1 aliphatic carbocycles. The van der Waals surface area contributed by atoms with Gasteiger partial charge >= 0.3 is 6.03 Å². The van der Waals surface area contributed by atoms with Gasteiger partial charge < -0.3 is 25.8 Å².